The van der Waals surface area contributed by atoms with Gasteiger partial charge < -0.3 is 14.7 Å². The molecule has 0 saturated carbocycles. The summed E-state index contributed by atoms with van der Waals surface area (Å²) in [7, 11) is 1.50. The van der Waals surface area contributed by atoms with Crippen LogP contribution in [-0.4, -0.2) is 26.0 Å². The summed E-state index contributed by atoms with van der Waals surface area (Å²) in [4.78, 5) is 15.0. The smallest absolute Gasteiger partial charge is 0.872 e. The van der Waals surface area contributed by atoms with Gasteiger partial charge in [0, 0.05) is 24.3 Å². The van der Waals surface area contributed by atoms with Gasteiger partial charge in [-0.1, -0.05) is 102 Å². The Kier molecular flexibility index (Phi) is 18.2. The number of unbranched alkanes of at least 4 members (excludes halogenated alkanes) is 10. The molecule has 0 bridgehead atoms. The summed E-state index contributed by atoms with van der Waals surface area (Å²) >= 11 is 0. The molecule has 5 heteroatoms. The van der Waals surface area contributed by atoms with Gasteiger partial charge in [-0.25, -0.2) is 0 Å². The molecule has 0 fully saturated rings. The van der Waals surface area contributed by atoms with E-state index in [1.54, 1.807) is 12.1 Å². The molecule has 2 rings (SSSR count). The first-order chi connectivity index (χ1) is 17.6. The number of carbonyl (C=O) groups is 1. The number of carbonyl (C=O) groups excluding carboxylic acids is 1. The average molecular weight is 516 g/mol. The number of anilines is 1. The number of methoxy groups -OCH3 is 1. The van der Waals surface area contributed by atoms with E-state index in [0.717, 1.165) is 18.7 Å². The second-order valence-electron chi connectivity index (χ2n) is 9.67. The van der Waals surface area contributed by atoms with Crippen LogP contribution >= 0.6 is 0 Å². The van der Waals surface area contributed by atoms with Crippen LogP contribution in [0.15, 0.2) is 48.5 Å². The Bertz CT molecular complexity index is 895. The van der Waals surface area contributed by atoms with E-state index in [1.165, 1.54) is 108 Å². The summed E-state index contributed by atoms with van der Waals surface area (Å²) in [6.07, 6.45) is 18.9. The molecule has 2 aromatic rings. The second-order valence-corrected chi connectivity index (χ2v) is 9.67. The molecule has 2 aromatic carbocycles. The fraction of sp³-hybridized carbons (Fsp3) is 0.531. The van der Waals surface area contributed by atoms with E-state index in [0.29, 0.717) is 5.75 Å². The van der Waals surface area contributed by atoms with Crippen molar-refractivity contribution < 1.29 is 44.2 Å². The van der Waals surface area contributed by atoms with Crippen LogP contribution < -0.4 is 44.3 Å². The van der Waals surface area contributed by atoms with Gasteiger partial charge in [-0.2, -0.15) is 0 Å². The fourth-order valence-electron chi connectivity index (χ4n) is 4.43. The SMILES string of the molecule is CCCCCCCCN(CCCCCCCC)c1ccc(/C=C/C(=O)c2ccc(OC)cc2[O-])cc1.[Na+]. The predicted molar refractivity (Wildman–Crippen MR) is 151 cm³/mol. The van der Waals surface area contributed by atoms with Crippen LogP contribution in [0.3, 0.4) is 0 Å². The Morgan fingerprint density at radius 2 is 1.35 bits per heavy atom. The third-order valence-corrected chi connectivity index (χ3v) is 6.70. The summed E-state index contributed by atoms with van der Waals surface area (Å²) in [6, 6.07) is 12.9. The largest absolute Gasteiger partial charge is 1.00 e. The number of hydrogen-bond acceptors (Lipinski definition) is 4. The molecule has 0 amide bonds. The maximum Gasteiger partial charge on any atom is 1.00 e. The van der Waals surface area contributed by atoms with E-state index < -0.39 is 0 Å². The molecule has 0 atom stereocenters. The summed E-state index contributed by atoms with van der Waals surface area (Å²) < 4.78 is 5.05. The van der Waals surface area contributed by atoms with Gasteiger partial charge in [-0.05, 0) is 54.8 Å². The Balaban J connectivity index is 0.00000684. The van der Waals surface area contributed by atoms with Gasteiger partial charge in [-0.15, -0.1) is 0 Å². The molecular weight excluding hydrogens is 469 g/mol. The van der Waals surface area contributed by atoms with Crippen molar-refractivity contribution in [3.05, 3.63) is 59.7 Å². The number of allylic oxidation sites excluding steroid dienone is 1. The molecule has 0 N–H and O–H groups in total. The minimum absolute atomic E-state index is 0. The minimum atomic E-state index is -0.320. The Morgan fingerprint density at radius 1 is 0.811 bits per heavy atom. The van der Waals surface area contributed by atoms with Crippen LogP contribution in [0.25, 0.3) is 6.08 Å². The zero-order valence-corrected chi connectivity index (χ0v) is 25.8. The van der Waals surface area contributed by atoms with Gasteiger partial charge in [0.05, 0.1) is 7.11 Å². The molecule has 0 aromatic heterocycles. The Hall–Kier alpha value is -1.75. The first-order valence-electron chi connectivity index (χ1n) is 14.0. The van der Waals surface area contributed by atoms with Gasteiger partial charge >= 0.3 is 29.6 Å². The van der Waals surface area contributed by atoms with Gasteiger partial charge in [0.2, 0.25) is 0 Å². The van der Waals surface area contributed by atoms with E-state index in [-0.39, 0.29) is 46.7 Å². The van der Waals surface area contributed by atoms with Crippen molar-refractivity contribution in [3.8, 4) is 11.5 Å². The molecule has 0 spiro atoms. The topological polar surface area (TPSA) is 52.6 Å². The molecule has 0 radical (unpaired) electrons. The first kappa shape index (κ1) is 33.3. The van der Waals surface area contributed by atoms with Crippen molar-refractivity contribution in [2.24, 2.45) is 0 Å². The van der Waals surface area contributed by atoms with Crippen molar-refractivity contribution >= 4 is 17.5 Å². The van der Waals surface area contributed by atoms with E-state index in [4.69, 9.17) is 4.74 Å². The van der Waals surface area contributed by atoms with E-state index in [9.17, 15) is 9.90 Å². The number of ketones is 1. The average Bonchev–Trinajstić information content (AvgIpc) is 2.90. The zero-order chi connectivity index (χ0) is 26.0. The van der Waals surface area contributed by atoms with Gasteiger partial charge in [0.15, 0.2) is 5.78 Å². The normalized spacial score (nSPS) is 10.9. The van der Waals surface area contributed by atoms with Crippen LogP contribution in [0, 0.1) is 0 Å². The number of benzene rings is 2. The van der Waals surface area contributed by atoms with Gasteiger partial charge in [0.25, 0.3) is 0 Å². The zero-order valence-electron chi connectivity index (χ0n) is 23.8. The molecular formula is C32H46NNaO3. The van der Waals surface area contributed by atoms with Crippen LogP contribution in [-0.2, 0) is 0 Å². The molecule has 0 unspecified atom stereocenters. The Morgan fingerprint density at radius 3 is 1.86 bits per heavy atom. The molecule has 0 aliphatic carbocycles. The number of rotatable bonds is 19. The third kappa shape index (κ3) is 13.0. The molecule has 0 aliphatic rings. The quantitative estimate of drug-likeness (QED) is 0.112. The van der Waals surface area contributed by atoms with Crippen molar-refractivity contribution in [1.82, 2.24) is 0 Å². The second kappa shape index (κ2) is 20.2. The molecule has 4 nitrogen and oxygen atoms in total. The number of nitrogens with zero attached hydrogens (tertiary/aromatic N) is 1. The Labute approximate surface area is 247 Å². The predicted octanol–water partition coefficient (Wildman–Crippen LogP) is 5.20. The van der Waals surface area contributed by atoms with Crippen molar-refractivity contribution in [1.29, 1.82) is 0 Å². The van der Waals surface area contributed by atoms with E-state index in [2.05, 4.69) is 43.0 Å². The van der Waals surface area contributed by atoms with Crippen LogP contribution in [0.5, 0.6) is 11.5 Å². The van der Waals surface area contributed by atoms with Crippen LogP contribution in [0.4, 0.5) is 5.69 Å². The van der Waals surface area contributed by atoms with Gasteiger partial charge in [-0.3, -0.25) is 4.79 Å². The minimum Gasteiger partial charge on any atom is -0.872 e. The summed E-state index contributed by atoms with van der Waals surface area (Å²) in [5.41, 5.74) is 2.36. The maximum atomic E-state index is 12.5. The summed E-state index contributed by atoms with van der Waals surface area (Å²) in [6.45, 7) is 6.71. The molecule has 0 heterocycles. The standard InChI is InChI=1S/C32H47NO3.Na/c1-4-6-8-10-12-14-24-33(25-15-13-11-9-7-5-2)28-19-16-27(17-20-28)18-23-31(34)30-22-21-29(36-3)26-32(30)35;/h16-23,26,35H,4-15,24-25H2,1-3H3;/q;+1/p-1/b23-18+;. The first-order valence-corrected chi connectivity index (χ1v) is 14.0. The summed E-state index contributed by atoms with van der Waals surface area (Å²) in [5, 5.41) is 12.2. The van der Waals surface area contributed by atoms with Crippen molar-refractivity contribution in [2.45, 2.75) is 90.9 Å². The van der Waals surface area contributed by atoms with Crippen LogP contribution in [0.2, 0.25) is 0 Å². The number of hydrogen-bond donors (Lipinski definition) is 0. The molecule has 0 saturated heterocycles. The molecule has 0 aliphatic heterocycles. The van der Waals surface area contributed by atoms with Crippen molar-refractivity contribution in [3.63, 3.8) is 0 Å². The molecule has 37 heavy (non-hydrogen) atoms. The monoisotopic (exact) mass is 515 g/mol. The maximum absolute atomic E-state index is 12.5. The summed E-state index contributed by atoms with van der Waals surface area (Å²) in [5.74, 6) is -0.151. The number of ether oxygens (including phenoxy) is 1. The third-order valence-electron chi connectivity index (χ3n) is 6.70. The van der Waals surface area contributed by atoms with Crippen LogP contribution in [0.1, 0.15) is 107 Å². The van der Waals surface area contributed by atoms with E-state index >= 15 is 0 Å². The van der Waals surface area contributed by atoms with E-state index in [1.807, 2.05) is 0 Å². The molecule has 198 valence electrons. The fourth-order valence-corrected chi connectivity index (χ4v) is 4.43. The van der Waals surface area contributed by atoms with Gasteiger partial charge in [0.1, 0.15) is 5.75 Å². The van der Waals surface area contributed by atoms with Crippen molar-refractivity contribution in [2.75, 3.05) is 25.1 Å².